The number of nitrogens with zero attached hydrogens (tertiary/aromatic N) is 1. The van der Waals surface area contributed by atoms with E-state index in [1.807, 2.05) is 39.0 Å². The summed E-state index contributed by atoms with van der Waals surface area (Å²) in [6.07, 6.45) is 1.67. The minimum Gasteiger partial charge on any atom is -0.366 e. The highest BCUT2D eigenvalue weighted by Gasteiger charge is 2.27. The molecule has 1 heterocycles. The van der Waals surface area contributed by atoms with Crippen molar-refractivity contribution in [3.63, 3.8) is 0 Å². The number of rotatable bonds is 4. The van der Waals surface area contributed by atoms with Crippen molar-refractivity contribution in [1.82, 2.24) is 4.98 Å². The Kier molecular flexibility index (Phi) is 6.15. The monoisotopic (exact) mass is 441 g/mol. The highest BCUT2D eigenvalue weighted by atomic mass is 35.5. The van der Waals surface area contributed by atoms with Crippen LogP contribution in [0.5, 0.6) is 0 Å². The molecule has 5 nitrogen and oxygen atoms in total. The molecular formula is C23H21Cl2N3O2. The Morgan fingerprint density at radius 1 is 1.00 bits per heavy atom. The third-order valence-electron chi connectivity index (χ3n) is 4.57. The molecule has 1 aromatic heterocycles. The number of nitrogens with two attached hydrogens (primary N) is 1. The van der Waals surface area contributed by atoms with E-state index < -0.39 is 17.2 Å². The summed E-state index contributed by atoms with van der Waals surface area (Å²) in [5, 5.41) is 3.56. The Balaban J connectivity index is 1.99. The van der Waals surface area contributed by atoms with Crippen molar-refractivity contribution < 1.29 is 9.59 Å². The zero-order valence-electron chi connectivity index (χ0n) is 16.8. The van der Waals surface area contributed by atoms with Crippen molar-refractivity contribution in [2.45, 2.75) is 26.2 Å². The molecule has 0 aliphatic rings. The quantitative estimate of drug-likeness (QED) is 0.543. The number of hydrogen-bond acceptors (Lipinski definition) is 3. The molecule has 3 N–H and O–H groups in total. The molecule has 0 aliphatic heterocycles. The second-order valence-corrected chi connectivity index (χ2v) is 8.61. The van der Waals surface area contributed by atoms with Gasteiger partial charge in [-0.15, -0.1) is 0 Å². The van der Waals surface area contributed by atoms with Crippen molar-refractivity contribution >= 4 is 40.7 Å². The number of anilines is 1. The van der Waals surface area contributed by atoms with Gasteiger partial charge in [-0.3, -0.25) is 14.6 Å². The van der Waals surface area contributed by atoms with Crippen LogP contribution in [-0.4, -0.2) is 16.8 Å². The predicted molar refractivity (Wildman–Crippen MR) is 121 cm³/mol. The first-order valence-electron chi connectivity index (χ1n) is 9.24. The predicted octanol–water partition coefficient (Wildman–Crippen LogP) is 5.70. The second-order valence-electron chi connectivity index (χ2n) is 7.83. The fourth-order valence-electron chi connectivity index (χ4n) is 3.21. The smallest absolute Gasteiger partial charge is 0.257 e. The molecule has 0 atom stereocenters. The number of halogens is 2. The first-order valence-corrected chi connectivity index (χ1v) is 10.0. The molecule has 2 aromatic carbocycles. The van der Waals surface area contributed by atoms with Crippen LogP contribution in [0.1, 0.15) is 47.1 Å². The average Bonchev–Trinajstić information content (AvgIpc) is 2.68. The molecule has 0 unspecified atom stereocenters. The van der Waals surface area contributed by atoms with Gasteiger partial charge in [0.05, 0.1) is 21.3 Å². The number of primary amides is 1. The summed E-state index contributed by atoms with van der Waals surface area (Å²) in [6, 6.07) is 13.7. The van der Waals surface area contributed by atoms with Gasteiger partial charge in [0, 0.05) is 23.0 Å². The molecule has 30 heavy (non-hydrogen) atoms. The van der Waals surface area contributed by atoms with E-state index in [0.29, 0.717) is 33.1 Å². The van der Waals surface area contributed by atoms with Gasteiger partial charge in [0.1, 0.15) is 0 Å². The minimum atomic E-state index is -0.591. The lowest BCUT2D eigenvalue weighted by Gasteiger charge is -2.24. The van der Waals surface area contributed by atoms with Gasteiger partial charge in [-0.2, -0.15) is 0 Å². The first-order chi connectivity index (χ1) is 14.1. The van der Waals surface area contributed by atoms with Gasteiger partial charge in [-0.1, -0.05) is 50.0 Å². The Morgan fingerprint density at radius 2 is 1.70 bits per heavy atom. The lowest BCUT2D eigenvalue weighted by atomic mass is 9.82. The lowest BCUT2D eigenvalue weighted by molar-refractivity contribution is 0.0993. The Hall–Kier alpha value is -2.89. The zero-order chi connectivity index (χ0) is 22.1. The van der Waals surface area contributed by atoms with Crippen molar-refractivity contribution in [1.29, 1.82) is 0 Å². The molecule has 0 aliphatic carbocycles. The number of hydrogen-bond donors (Lipinski definition) is 2. The van der Waals surface area contributed by atoms with Crippen molar-refractivity contribution in [2.75, 3.05) is 5.32 Å². The fraction of sp³-hybridized carbons (Fsp3) is 0.174. The molecule has 3 aromatic rings. The maximum Gasteiger partial charge on any atom is 0.257 e. The SMILES string of the molecule is CC(C)(C)c1c(C(N)=O)ccc(C(=O)Nc2ccc(Cl)c(-c3ccccn3)c2)c1Cl. The van der Waals surface area contributed by atoms with Crippen molar-refractivity contribution in [2.24, 2.45) is 5.73 Å². The van der Waals surface area contributed by atoms with Crippen molar-refractivity contribution in [3.8, 4) is 11.3 Å². The summed E-state index contributed by atoms with van der Waals surface area (Å²) in [5.74, 6) is -0.998. The molecule has 0 saturated carbocycles. The molecule has 0 fully saturated rings. The Bertz CT molecular complexity index is 1120. The molecule has 0 saturated heterocycles. The van der Waals surface area contributed by atoms with Gasteiger partial charge in [0.15, 0.2) is 0 Å². The van der Waals surface area contributed by atoms with E-state index in [-0.39, 0.29) is 10.6 Å². The molecule has 7 heteroatoms. The maximum absolute atomic E-state index is 13.0. The number of nitrogens with one attached hydrogen (secondary N) is 1. The van der Waals surface area contributed by atoms with Crippen LogP contribution in [-0.2, 0) is 5.41 Å². The summed E-state index contributed by atoms with van der Waals surface area (Å²) in [7, 11) is 0. The number of amides is 2. The molecular weight excluding hydrogens is 421 g/mol. The zero-order valence-corrected chi connectivity index (χ0v) is 18.3. The van der Waals surface area contributed by atoms with Crippen LogP contribution >= 0.6 is 23.2 Å². The first kappa shape index (κ1) is 21.8. The van der Waals surface area contributed by atoms with E-state index in [9.17, 15) is 9.59 Å². The van der Waals surface area contributed by atoms with E-state index in [2.05, 4.69) is 10.3 Å². The Morgan fingerprint density at radius 3 is 2.30 bits per heavy atom. The topological polar surface area (TPSA) is 85.1 Å². The number of aromatic nitrogens is 1. The molecule has 154 valence electrons. The largest absolute Gasteiger partial charge is 0.366 e. The third-order valence-corrected chi connectivity index (χ3v) is 5.29. The second kappa shape index (κ2) is 8.46. The fourth-order valence-corrected chi connectivity index (χ4v) is 3.96. The van der Waals surface area contributed by atoms with Crippen LogP contribution in [0.25, 0.3) is 11.3 Å². The Labute approximate surface area is 185 Å². The number of carbonyl (C=O) groups is 2. The van der Waals surface area contributed by atoms with Gasteiger partial charge in [0.2, 0.25) is 5.91 Å². The van der Waals surface area contributed by atoms with Gasteiger partial charge in [-0.05, 0) is 53.4 Å². The standard InChI is InChI=1S/C23H21Cl2N3O2/c1-23(2,3)19-14(21(26)29)8-9-15(20(19)25)22(30)28-13-7-10-17(24)16(12-13)18-6-4-5-11-27-18/h4-12H,1-3H3,(H2,26,29)(H,28,30). The maximum atomic E-state index is 13.0. The summed E-state index contributed by atoms with van der Waals surface area (Å²) >= 11 is 12.9. The van der Waals surface area contributed by atoms with Crippen LogP contribution in [0.15, 0.2) is 54.7 Å². The normalized spacial score (nSPS) is 11.2. The summed E-state index contributed by atoms with van der Waals surface area (Å²) in [6.45, 7) is 5.71. The van der Waals surface area contributed by atoms with Crippen LogP contribution < -0.4 is 11.1 Å². The van der Waals surface area contributed by atoms with Gasteiger partial charge in [0.25, 0.3) is 5.91 Å². The van der Waals surface area contributed by atoms with Gasteiger partial charge >= 0.3 is 0 Å². The highest BCUT2D eigenvalue weighted by Crippen LogP contribution is 2.35. The third kappa shape index (κ3) is 4.48. The summed E-state index contributed by atoms with van der Waals surface area (Å²) in [5.41, 5.74) is 8.03. The molecule has 0 radical (unpaired) electrons. The molecule has 0 spiro atoms. The van der Waals surface area contributed by atoms with E-state index in [1.165, 1.54) is 12.1 Å². The summed E-state index contributed by atoms with van der Waals surface area (Å²) in [4.78, 5) is 29.1. The van der Waals surface area contributed by atoms with Crippen LogP contribution in [0.4, 0.5) is 5.69 Å². The van der Waals surface area contributed by atoms with E-state index >= 15 is 0 Å². The summed E-state index contributed by atoms with van der Waals surface area (Å²) < 4.78 is 0. The molecule has 2 amide bonds. The molecule has 3 rings (SSSR count). The number of benzene rings is 2. The van der Waals surface area contributed by atoms with E-state index in [1.54, 1.807) is 24.4 Å². The van der Waals surface area contributed by atoms with Crippen LogP contribution in [0.3, 0.4) is 0 Å². The van der Waals surface area contributed by atoms with Gasteiger partial charge in [-0.25, -0.2) is 0 Å². The minimum absolute atomic E-state index is 0.204. The lowest BCUT2D eigenvalue weighted by Crippen LogP contribution is -2.24. The number of carbonyl (C=O) groups excluding carboxylic acids is 2. The van der Waals surface area contributed by atoms with E-state index in [4.69, 9.17) is 28.9 Å². The molecule has 0 bridgehead atoms. The van der Waals surface area contributed by atoms with Crippen LogP contribution in [0, 0.1) is 0 Å². The van der Waals surface area contributed by atoms with Gasteiger partial charge < -0.3 is 11.1 Å². The number of pyridine rings is 1. The van der Waals surface area contributed by atoms with Crippen LogP contribution in [0.2, 0.25) is 10.0 Å². The average molecular weight is 442 g/mol. The van der Waals surface area contributed by atoms with Crippen molar-refractivity contribution in [3.05, 3.63) is 81.5 Å². The highest BCUT2D eigenvalue weighted by molar-refractivity contribution is 6.36. The van der Waals surface area contributed by atoms with E-state index in [0.717, 1.165) is 0 Å².